The van der Waals surface area contributed by atoms with Gasteiger partial charge in [-0.05, 0) is 83.8 Å². The molecule has 1 aliphatic heterocycles. The molecular weight excluding hydrogens is 431 g/mol. The first-order valence-electron chi connectivity index (χ1n) is 12.6. The fraction of sp³-hybridized carbons (Fsp3) is 0.630. The van der Waals surface area contributed by atoms with Crippen LogP contribution >= 0.6 is 0 Å². The SMILES string of the molecule is CCN(CC)CCN(CC1CCN(c2cc(C)nc3ccc(F)cc23)CC1)C(=O)OC(C)(C)C. The fourth-order valence-electron chi connectivity index (χ4n) is 4.62. The number of hydrogen-bond acceptors (Lipinski definition) is 5. The first-order valence-corrected chi connectivity index (χ1v) is 12.6. The van der Waals surface area contributed by atoms with Crippen LogP contribution in [0.4, 0.5) is 14.9 Å². The molecule has 0 spiro atoms. The minimum Gasteiger partial charge on any atom is -0.444 e. The Morgan fingerprint density at radius 1 is 1.15 bits per heavy atom. The Balaban J connectivity index is 1.68. The molecule has 1 fully saturated rings. The number of aromatic nitrogens is 1. The second-order valence-electron chi connectivity index (χ2n) is 10.3. The van der Waals surface area contributed by atoms with E-state index in [9.17, 15) is 9.18 Å². The maximum absolute atomic E-state index is 14.0. The van der Waals surface area contributed by atoms with Crippen molar-refractivity contribution in [3.8, 4) is 0 Å². The zero-order valence-electron chi connectivity index (χ0n) is 21.7. The van der Waals surface area contributed by atoms with Gasteiger partial charge in [0.05, 0.1) is 5.52 Å². The van der Waals surface area contributed by atoms with E-state index in [0.29, 0.717) is 19.0 Å². The third kappa shape index (κ3) is 7.05. The van der Waals surface area contributed by atoms with Crippen LogP contribution in [0.2, 0.25) is 0 Å². The van der Waals surface area contributed by atoms with Crippen LogP contribution in [0.1, 0.15) is 53.2 Å². The topological polar surface area (TPSA) is 48.9 Å². The van der Waals surface area contributed by atoms with E-state index < -0.39 is 5.60 Å². The van der Waals surface area contributed by atoms with Gasteiger partial charge in [0.25, 0.3) is 0 Å². The Morgan fingerprint density at radius 3 is 2.44 bits per heavy atom. The van der Waals surface area contributed by atoms with E-state index in [2.05, 4.69) is 34.7 Å². The summed E-state index contributed by atoms with van der Waals surface area (Å²) in [5.41, 5.74) is 2.30. The number of pyridine rings is 1. The van der Waals surface area contributed by atoms with Crippen LogP contribution < -0.4 is 4.90 Å². The van der Waals surface area contributed by atoms with Crippen LogP contribution in [0, 0.1) is 18.7 Å². The zero-order chi connectivity index (χ0) is 24.9. The Kier molecular flexibility index (Phi) is 8.74. The maximum Gasteiger partial charge on any atom is 0.410 e. The summed E-state index contributed by atoms with van der Waals surface area (Å²) in [6, 6.07) is 6.86. The Bertz CT molecular complexity index is 963. The number of likely N-dealkylation sites (N-methyl/N-ethyl adjacent to an activating group) is 1. The molecule has 0 N–H and O–H groups in total. The molecule has 1 aromatic carbocycles. The minimum atomic E-state index is -0.510. The van der Waals surface area contributed by atoms with Crippen molar-refractivity contribution in [3.63, 3.8) is 0 Å². The lowest BCUT2D eigenvalue weighted by Crippen LogP contribution is -2.45. The summed E-state index contributed by atoms with van der Waals surface area (Å²) in [6.45, 7) is 17.9. The number of hydrogen-bond donors (Lipinski definition) is 0. The third-order valence-electron chi connectivity index (χ3n) is 6.54. The highest BCUT2D eigenvalue weighted by atomic mass is 19.1. The molecule has 1 amide bonds. The van der Waals surface area contributed by atoms with Crippen LogP contribution in [0.15, 0.2) is 24.3 Å². The largest absolute Gasteiger partial charge is 0.444 e. The van der Waals surface area contributed by atoms with E-state index in [1.54, 1.807) is 12.1 Å². The van der Waals surface area contributed by atoms with E-state index in [1.165, 1.54) is 6.07 Å². The van der Waals surface area contributed by atoms with Crippen LogP contribution in [-0.2, 0) is 4.74 Å². The molecule has 1 aliphatic rings. The van der Waals surface area contributed by atoms with E-state index >= 15 is 0 Å². The number of halogens is 1. The number of amides is 1. The summed E-state index contributed by atoms with van der Waals surface area (Å²) in [4.78, 5) is 24.1. The van der Waals surface area contributed by atoms with Gasteiger partial charge in [0, 0.05) is 49.5 Å². The Hall–Kier alpha value is -2.41. The molecule has 0 radical (unpaired) electrons. The molecule has 2 heterocycles. The summed E-state index contributed by atoms with van der Waals surface area (Å²) in [6.07, 6.45) is 1.72. The average molecular weight is 473 g/mol. The highest BCUT2D eigenvalue weighted by molar-refractivity contribution is 5.92. The molecule has 0 unspecified atom stereocenters. The number of carbonyl (C=O) groups excluding carboxylic acids is 1. The molecule has 0 saturated carbocycles. The maximum atomic E-state index is 14.0. The lowest BCUT2D eigenvalue weighted by atomic mass is 9.95. The monoisotopic (exact) mass is 472 g/mol. The van der Waals surface area contributed by atoms with E-state index in [-0.39, 0.29) is 11.9 Å². The molecular formula is C27H41FN4O2. The molecule has 0 atom stereocenters. The molecule has 0 aliphatic carbocycles. The lowest BCUT2D eigenvalue weighted by molar-refractivity contribution is 0.0195. The van der Waals surface area contributed by atoms with E-state index in [4.69, 9.17) is 4.74 Å². The number of benzene rings is 1. The van der Waals surface area contributed by atoms with Crippen LogP contribution in [-0.4, -0.2) is 72.3 Å². The molecule has 2 aromatic rings. The van der Waals surface area contributed by atoms with Crippen molar-refractivity contribution in [2.24, 2.45) is 5.92 Å². The third-order valence-corrected chi connectivity index (χ3v) is 6.54. The normalized spacial score (nSPS) is 15.2. The van der Waals surface area contributed by atoms with Crippen LogP contribution in [0.25, 0.3) is 10.9 Å². The summed E-state index contributed by atoms with van der Waals surface area (Å²) in [5, 5.41) is 0.860. The van der Waals surface area contributed by atoms with Gasteiger partial charge in [0.2, 0.25) is 0 Å². The second-order valence-corrected chi connectivity index (χ2v) is 10.3. The molecule has 34 heavy (non-hydrogen) atoms. The first-order chi connectivity index (χ1) is 16.1. The van der Waals surface area contributed by atoms with Gasteiger partial charge in [-0.15, -0.1) is 0 Å². The molecule has 0 bridgehead atoms. The van der Waals surface area contributed by atoms with Gasteiger partial charge in [-0.3, -0.25) is 4.98 Å². The van der Waals surface area contributed by atoms with Crippen molar-refractivity contribution < 1.29 is 13.9 Å². The summed E-state index contributed by atoms with van der Waals surface area (Å²) in [5.74, 6) is 0.168. The second kappa shape index (κ2) is 11.3. The number of aryl methyl sites for hydroxylation is 1. The van der Waals surface area contributed by atoms with E-state index in [0.717, 1.165) is 67.8 Å². The molecule has 1 saturated heterocycles. The number of rotatable bonds is 8. The van der Waals surface area contributed by atoms with Crippen molar-refractivity contribution >= 4 is 22.7 Å². The van der Waals surface area contributed by atoms with Crippen molar-refractivity contribution in [1.82, 2.24) is 14.8 Å². The minimum absolute atomic E-state index is 0.228. The van der Waals surface area contributed by atoms with Crippen LogP contribution in [0.5, 0.6) is 0 Å². The number of anilines is 1. The van der Waals surface area contributed by atoms with Gasteiger partial charge in [-0.2, -0.15) is 0 Å². The summed E-state index contributed by atoms with van der Waals surface area (Å²) in [7, 11) is 0. The fourth-order valence-corrected chi connectivity index (χ4v) is 4.62. The van der Waals surface area contributed by atoms with Gasteiger partial charge in [-0.25, -0.2) is 9.18 Å². The van der Waals surface area contributed by atoms with E-state index in [1.807, 2.05) is 32.6 Å². The molecule has 7 heteroatoms. The van der Waals surface area contributed by atoms with Gasteiger partial charge in [0.15, 0.2) is 0 Å². The summed E-state index contributed by atoms with van der Waals surface area (Å²) < 4.78 is 19.7. The van der Waals surface area contributed by atoms with Gasteiger partial charge in [-0.1, -0.05) is 13.8 Å². The zero-order valence-corrected chi connectivity index (χ0v) is 21.7. The molecule has 1 aromatic heterocycles. The Morgan fingerprint density at radius 2 is 1.82 bits per heavy atom. The van der Waals surface area contributed by atoms with Crippen molar-refractivity contribution in [3.05, 3.63) is 35.8 Å². The lowest BCUT2D eigenvalue weighted by Gasteiger charge is -2.37. The number of nitrogens with zero attached hydrogens (tertiary/aromatic N) is 4. The highest BCUT2D eigenvalue weighted by Crippen LogP contribution is 2.31. The van der Waals surface area contributed by atoms with Gasteiger partial charge in [0.1, 0.15) is 11.4 Å². The number of fused-ring (bicyclic) bond motifs is 1. The van der Waals surface area contributed by atoms with Crippen molar-refractivity contribution in [2.45, 2.75) is 60.0 Å². The highest BCUT2D eigenvalue weighted by Gasteiger charge is 2.28. The van der Waals surface area contributed by atoms with Gasteiger partial charge >= 0.3 is 6.09 Å². The number of piperidine rings is 1. The predicted octanol–water partition coefficient (Wildman–Crippen LogP) is 5.48. The Labute approximate surface area is 204 Å². The van der Waals surface area contributed by atoms with Gasteiger partial charge < -0.3 is 19.4 Å². The number of ether oxygens (including phenoxy) is 1. The predicted molar refractivity (Wildman–Crippen MR) is 137 cm³/mol. The quantitative estimate of drug-likeness (QED) is 0.509. The number of carbonyl (C=O) groups is 1. The average Bonchev–Trinajstić information content (AvgIpc) is 2.78. The first kappa shape index (κ1) is 26.2. The van der Waals surface area contributed by atoms with Crippen molar-refractivity contribution in [1.29, 1.82) is 0 Å². The summed E-state index contributed by atoms with van der Waals surface area (Å²) >= 11 is 0. The van der Waals surface area contributed by atoms with Crippen molar-refractivity contribution in [2.75, 3.05) is 50.7 Å². The van der Waals surface area contributed by atoms with Crippen LogP contribution in [0.3, 0.4) is 0 Å². The smallest absolute Gasteiger partial charge is 0.410 e. The standard InChI is InChI=1S/C27H41FN4O2/c1-7-30(8-2)15-16-32(26(33)34-27(4,5)6)19-21-11-13-31(14-12-21)25-17-20(3)29-24-10-9-22(28)18-23(24)25/h9-10,17-18,21H,7-8,11-16,19H2,1-6H3. The molecule has 188 valence electrons. The molecule has 3 rings (SSSR count). The molecule has 6 nitrogen and oxygen atoms in total.